The standard InChI is InChI=1S/C19H20FNO4/c1-5-25-17-7-6-13(8-11(17)2)18(22)21-16-10-14(19(23)24-4)9-15(20)12(16)3/h6-10H,5H2,1-4H3,(H,21,22). The van der Waals surface area contributed by atoms with Crippen LogP contribution in [0, 0.1) is 19.7 Å². The Morgan fingerprint density at radius 1 is 1.12 bits per heavy atom. The number of hydrogen-bond acceptors (Lipinski definition) is 4. The zero-order valence-electron chi connectivity index (χ0n) is 14.6. The van der Waals surface area contributed by atoms with Crippen LogP contribution in [0.25, 0.3) is 0 Å². The molecule has 25 heavy (non-hydrogen) atoms. The molecular formula is C19H20FNO4. The summed E-state index contributed by atoms with van der Waals surface area (Å²) in [7, 11) is 1.21. The van der Waals surface area contributed by atoms with Crippen LogP contribution in [0.3, 0.4) is 0 Å². The summed E-state index contributed by atoms with van der Waals surface area (Å²) in [5.74, 6) is -0.975. The van der Waals surface area contributed by atoms with E-state index in [4.69, 9.17) is 4.74 Å². The van der Waals surface area contributed by atoms with Gasteiger partial charge in [0.05, 0.1) is 19.3 Å². The van der Waals surface area contributed by atoms with Gasteiger partial charge in [-0.25, -0.2) is 9.18 Å². The van der Waals surface area contributed by atoms with Gasteiger partial charge in [-0.2, -0.15) is 0 Å². The lowest BCUT2D eigenvalue weighted by atomic mass is 10.1. The lowest BCUT2D eigenvalue weighted by Crippen LogP contribution is -2.15. The van der Waals surface area contributed by atoms with Crippen molar-refractivity contribution >= 4 is 17.6 Å². The quantitative estimate of drug-likeness (QED) is 0.835. The highest BCUT2D eigenvalue weighted by Crippen LogP contribution is 2.24. The van der Waals surface area contributed by atoms with Crippen molar-refractivity contribution in [3.05, 3.63) is 58.4 Å². The second-order valence-corrected chi connectivity index (χ2v) is 5.49. The zero-order valence-corrected chi connectivity index (χ0v) is 14.6. The van der Waals surface area contributed by atoms with Crippen LogP contribution in [0.15, 0.2) is 30.3 Å². The summed E-state index contributed by atoms with van der Waals surface area (Å²) in [5, 5.41) is 2.64. The Morgan fingerprint density at radius 3 is 2.44 bits per heavy atom. The molecule has 0 aliphatic carbocycles. The molecule has 2 aromatic carbocycles. The van der Waals surface area contributed by atoms with Crippen LogP contribution in [0.4, 0.5) is 10.1 Å². The molecule has 0 aliphatic rings. The molecule has 0 bridgehead atoms. The first-order valence-electron chi connectivity index (χ1n) is 7.80. The van der Waals surface area contributed by atoms with Gasteiger partial charge in [-0.05, 0) is 56.7 Å². The van der Waals surface area contributed by atoms with E-state index in [9.17, 15) is 14.0 Å². The first kappa shape index (κ1) is 18.4. The number of hydrogen-bond donors (Lipinski definition) is 1. The molecule has 2 rings (SSSR count). The zero-order chi connectivity index (χ0) is 18.6. The van der Waals surface area contributed by atoms with Crippen LogP contribution in [-0.2, 0) is 4.74 Å². The maximum atomic E-state index is 14.0. The Hall–Kier alpha value is -2.89. The number of carbonyl (C=O) groups excluding carboxylic acids is 2. The van der Waals surface area contributed by atoms with E-state index < -0.39 is 17.7 Å². The van der Waals surface area contributed by atoms with Crippen molar-refractivity contribution < 1.29 is 23.5 Å². The summed E-state index contributed by atoms with van der Waals surface area (Å²) in [6, 6.07) is 7.51. The smallest absolute Gasteiger partial charge is 0.338 e. The molecule has 132 valence electrons. The Balaban J connectivity index is 2.30. The van der Waals surface area contributed by atoms with Gasteiger partial charge in [-0.3, -0.25) is 4.79 Å². The minimum Gasteiger partial charge on any atom is -0.494 e. The highest BCUT2D eigenvalue weighted by atomic mass is 19.1. The third-order valence-electron chi connectivity index (χ3n) is 3.75. The molecule has 0 heterocycles. The van der Waals surface area contributed by atoms with Crippen molar-refractivity contribution in [1.82, 2.24) is 0 Å². The van der Waals surface area contributed by atoms with Crippen molar-refractivity contribution in [2.45, 2.75) is 20.8 Å². The second kappa shape index (κ2) is 7.79. The summed E-state index contributed by atoms with van der Waals surface area (Å²) in [4.78, 5) is 24.1. The fraction of sp³-hybridized carbons (Fsp3) is 0.263. The van der Waals surface area contributed by atoms with Crippen LogP contribution in [0.1, 0.15) is 38.8 Å². The number of aryl methyl sites for hydroxylation is 1. The summed E-state index contributed by atoms with van der Waals surface area (Å²) < 4.78 is 24.1. The van der Waals surface area contributed by atoms with Gasteiger partial charge in [0, 0.05) is 16.8 Å². The minimum absolute atomic E-state index is 0.0313. The summed E-state index contributed by atoms with van der Waals surface area (Å²) >= 11 is 0. The molecule has 0 saturated heterocycles. The van der Waals surface area contributed by atoms with Gasteiger partial charge in [-0.1, -0.05) is 0 Å². The highest BCUT2D eigenvalue weighted by Gasteiger charge is 2.16. The molecule has 0 unspecified atom stereocenters. The molecule has 0 spiro atoms. The lowest BCUT2D eigenvalue weighted by molar-refractivity contribution is 0.0600. The largest absolute Gasteiger partial charge is 0.494 e. The average molecular weight is 345 g/mol. The summed E-state index contributed by atoms with van der Waals surface area (Å²) in [6.45, 7) is 5.77. The number of halogens is 1. The topological polar surface area (TPSA) is 64.6 Å². The Bertz CT molecular complexity index is 817. The van der Waals surface area contributed by atoms with Crippen LogP contribution < -0.4 is 10.1 Å². The van der Waals surface area contributed by atoms with Gasteiger partial charge in [0.2, 0.25) is 0 Å². The number of nitrogens with one attached hydrogen (secondary N) is 1. The van der Waals surface area contributed by atoms with Crippen LogP contribution in [-0.4, -0.2) is 25.6 Å². The SMILES string of the molecule is CCOc1ccc(C(=O)Nc2cc(C(=O)OC)cc(F)c2C)cc1C. The molecule has 0 saturated carbocycles. The van der Waals surface area contributed by atoms with Crippen LogP contribution in [0.5, 0.6) is 5.75 Å². The Morgan fingerprint density at radius 2 is 1.84 bits per heavy atom. The highest BCUT2D eigenvalue weighted by molar-refractivity contribution is 6.05. The molecule has 0 aromatic heterocycles. The molecule has 0 aliphatic heterocycles. The minimum atomic E-state index is -0.675. The van der Waals surface area contributed by atoms with Gasteiger partial charge in [0.25, 0.3) is 5.91 Å². The van der Waals surface area contributed by atoms with Crippen molar-refractivity contribution in [1.29, 1.82) is 0 Å². The molecule has 2 aromatic rings. The maximum Gasteiger partial charge on any atom is 0.338 e. The van der Waals surface area contributed by atoms with E-state index in [0.717, 1.165) is 11.6 Å². The third kappa shape index (κ3) is 4.15. The van der Waals surface area contributed by atoms with E-state index >= 15 is 0 Å². The van der Waals surface area contributed by atoms with Crippen molar-refractivity contribution in [2.75, 3.05) is 19.0 Å². The number of carbonyl (C=O) groups is 2. The van der Waals surface area contributed by atoms with Crippen molar-refractivity contribution in [2.24, 2.45) is 0 Å². The third-order valence-corrected chi connectivity index (χ3v) is 3.75. The van der Waals surface area contributed by atoms with E-state index in [0.29, 0.717) is 17.9 Å². The monoisotopic (exact) mass is 345 g/mol. The van der Waals surface area contributed by atoms with Gasteiger partial charge < -0.3 is 14.8 Å². The summed E-state index contributed by atoms with van der Waals surface area (Å²) in [6.07, 6.45) is 0. The molecule has 5 nitrogen and oxygen atoms in total. The predicted molar refractivity (Wildman–Crippen MR) is 92.8 cm³/mol. The van der Waals surface area contributed by atoms with E-state index in [1.807, 2.05) is 13.8 Å². The Kier molecular flexibility index (Phi) is 5.75. The number of anilines is 1. The van der Waals surface area contributed by atoms with Gasteiger partial charge >= 0.3 is 5.97 Å². The fourth-order valence-corrected chi connectivity index (χ4v) is 2.35. The number of esters is 1. The van der Waals surface area contributed by atoms with Gasteiger partial charge in [0.1, 0.15) is 11.6 Å². The van der Waals surface area contributed by atoms with E-state index in [1.165, 1.54) is 20.1 Å². The molecule has 0 radical (unpaired) electrons. The number of rotatable bonds is 5. The second-order valence-electron chi connectivity index (χ2n) is 5.49. The average Bonchev–Trinajstić information content (AvgIpc) is 2.59. The first-order valence-corrected chi connectivity index (χ1v) is 7.80. The number of methoxy groups -OCH3 is 1. The van der Waals surface area contributed by atoms with Gasteiger partial charge in [0.15, 0.2) is 0 Å². The van der Waals surface area contributed by atoms with E-state index in [1.54, 1.807) is 18.2 Å². The van der Waals surface area contributed by atoms with Crippen LogP contribution in [0.2, 0.25) is 0 Å². The van der Waals surface area contributed by atoms with Gasteiger partial charge in [-0.15, -0.1) is 0 Å². The maximum absolute atomic E-state index is 14.0. The fourth-order valence-electron chi connectivity index (χ4n) is 2.35. The number of amides is 1. The Labute approximate surface area is 145 Å². The number of ether oxygens (including phenoxy) is 2. The molecule has 6 heteroatoms. The molecule has 0 fully saturated rings. The molecule has 1 N–H and O–H groups in total. The predicted octanol–water partition coefficient (Wildman–Crippen LogP) is 3.88. The van der Waals surface area contributed by atoms with E-state index in [-0.39, 0.29) is 16.8 Å². The molecule has 0 atom stereocenters. The molecular weight excluding hydrogens is 325 g/mol. The summed E-state index contributed by atoms with van der Waals surface area (Å²) in [5.41, 5.74) is 1.72. The molecule has 1 amide bonds. The normalized spacial score (nSPS) is 10.3. The lowest BCUT2D eigenvalue weighted by Gasteiger charge is -2.12. The first-order chi connectivity index (χ1) is 11.9. The van der Waals surface area contributed by atoms with E-state index in [2.05, 4.69) is 10.1 Å². The number of benzene rings is 2. The van der Waals surface area contributed by atoms with Crippen molar-refractivity contribution in [3.8, 4) is 5.75 Å². The van der Waals surface area contributed by atoms with Crippen LogP contribution >= 0.6 is 0 Å². The van der Waals surface area contributed by atoms with Crippen molar-refractivity contribution in [3.63, 3.8) is 0 Å².